The average Bonchev–Trinajstić information content (AvgIpc) is 2.67. The van der Waals surface area contributed by atoms with Gasteiger partial charge in [0.15, 0.2) is 0 Å². The summed E-state index contributed by atoms with van der Waals surface area (Å²) in [5.74, 6) is -1.17. The van der Waals surface area contributed by atoms with E-state index in [9.17, 15) is 14.9 Å². The third-order valence-electron chi connectivity index (χ3n) is 5.48. The molecule has 2 aliphatic heterocycles. The van der Waals surface area contributed by atoms with Crippen LogP contribution >= 0.6 is 0 Å². The second kappa shape index (κ2) is 9.62. The van der Waals surface area contributed by atoms with Gasteiger partial charge in [-0.1, -0.05) is 18.7 Å². The van der Waals surface area contributed by atoms with Crippen molar-refractivity contribution in [2.75, 3.05) is 59.9 Å². The van der Waals surface area contributed by atoms with Crippen LogP contribution in [0.3, 0.4) is 0 Å². The summed E-state index contributed by atoms with van der Waals surface area (Å²) in [7, 11) is 3.06. The van der Waals surface area contributed by atoms with Crippen LogP contribution in [0.4, 0.5) is 0 Å². The van der Waals surface area contributed by atoms with Gasteiger partial charge in [0.05, 0.1) is 11.5 Å². The van der Waals surface area contributed by atoms with Crippen LogP contribution in [0.2, 0.25) is 0 Å². The number of nitrogens with zero attached hydrogens (tertiary/aromatic N) is 3. The fourth-order valence-electron chi connectivity index (χ4n) is 3.81. The van der Waals surface area contributed by atoms with Gasteiger partial charge in [0, 0.05) is 51.5 Å². The second-order valence-electron chi connectivity index (χ2n) is 8.09. The molecule has 9 heteroatoms. The minimum Gasteiger partial charge on any atom is -0.534 e. The topological polar surface area (TPSA) is 88.5 Å². The van der Waals surface area contributed by atoms with Crippen molar-refractivity contribution in [3.8, 4) is 5.75 Å². The lowest BCUT2D eigenvalue weighted by molar-refractivity contribution is 0.0694. The number of carbonyl (C=O) groups is 1. The fourth-order valence-corrected chi connectivity index (χ4v) is 3.81. The van der Waals surface area contributed by atoms with Crippen molar-refractivity contribution in [3.63, 3.8) is 0 Å². The van der Waals surface area contributed by atoms with Crippen LogP contribution in [0.5, 0.6) is 5.75 Å². The molecule has 3 N–H and O–H groups in total. The quantitative estimate of drug-likeness (QED) is 0.524. The predicted molar refractivity (Wildman–Crippen MR) is 113 cm³/mol. The second-order valence-corrected chi connectivity index (χ2v) is 8.09. The SMILES string of the molecule is C=C(CN1CCN(CCN(C)C)CC1)NC1Cc2cccc(C(=O)O)c2OB1O. The molecule has 1 aromatic carbocycles. The molecule has 29 heavy (non-hydrogen) atoms. The fraction of sp³-hybridized carbons (Fsp3) is 0.550. The first-order valence-corrected chi connectivity index (χ1v) is 10.1. The molecule has 0 radical (unpaired) electrons. The van der Waals surface area contributed by atoms with Gasteiger partial charge in [-0.05, 0) is 32.1 Å². The number of likely N-dealkylation sites (N-methyl/N-ethyl adjacent to an activating group) is 1. The largest absolute Gasteiger partial charge is 0.546 e. The van der Waals surface area contributed by atoms with E-state index in [-0.39, 0.29) is 17.3 Å². The van der Waals surface area contributed by atoms with Crippen LogP contribution in [-0.4, -0.2) is 104 Å². The van der Waals surface area contributed by atoms with E-state index in [1.165, 1.54) is 6.07 Å². The molecule has 1 fully saturated rings. The Balaban J connectivity index is 1.49. The summed E-state index contributed by atoms with van der Waals surface area (Å²) in [6.45, 7) is 11.1. The molecule has 8 nitrogen and oxygen atoms in total. The molecular formula is C20H31BN4O4. The van der Waals surface area contributed by atoms with Crippen molar-refractivity contribution in [3.05, 3.63) is 41.6 Å². The lowest BCUT2D eigenvalue weighted by Crippen LogP contribution is -2.53. The van der Waals surface area contributed by atoms with E-state index in [0.717, 1.165) is 50.5 Å². The molecule has 0 amide bonds. The maximum Gasteiger partial charge on any atom is 0.546 e. The number of piperazine rings is 1. The van der Waals surface area contributed by atoms with Gasteiger partial charge in [-0.3, -0.25) is 9.80 Å². The summed E-state index contributed by atoms with van der Waals surface area (Å²) in [6.07, 6.45) is 0.481. The minimum absolute atomic E-state index is 0.0750. The summed E-state index contributed by atoms with van der Waals surface area (Å²) >= 11 is 0. The first-order valence-electron chi connectivity index (χ1n) is 10.1. The summed E-state index contributed by atoms with van der Waals surface area (Å²) in [5.41, 5.74) is 1.68. The maximum absolute atomic E-state index is 11.4. The molecule has 2 aliphatic rings. The number of carboxylic acid groups (broad SMARTS) is 1. The van der Waals surface area contributed by atoms with E-state index in [0.29, 0.717) is 13.0 Å². The Kier molecular flexibility index (Phi) is 7.18. The van der Waals surface area contributed by atoms with Crippen molar-refractivity contribution >= 4 is 13.1 Å². The van der Waals surface area contributed by atoms with Crippen LogP contribution in [0.1, 0.15) is 15.9 Å². The Morgan fingerprint density at radius 2 is 2.00 bits per heavy atom. The average molecular weight is 402 g/mol. The summed E-state index contributed by atoms with van der Waals surface area (Å²) in [5, 5.41) is 22.9. The summed E-state index contributed by atoms with van der Waals surface area (Å²) in [4.78, 5) is 18.4. The smallest absolute Gasteiger partial charge is 0.534 e. The maximum atomic E-state index is 11.4. The van der Waals surface area contributed by atoms with Gasteiger partial charge in [0.1, 0.15) is 5.75 Å². The van der Waals surface area contributed by atoms with Gasteiger partial charge >= 0.3 is 13.1 Å². The Bertz CT molecular complexity index is 737. The highest BCUT2D eigenvalue weighted by Crippen LogP contribution is 2.30. The zero-order valence-electron chi connectivity index (χ0n) is 17.3. The van der Waals surface area contributed by atoms with Crippen molar-refractivity contribution in [2.45, 2.75) is 12.4 Å². The number of hydrogen-bond acceptors (Lipinski definition) is 7. The minimum atomic E-state index is -1.12. The van der Waals surface area contributed by atoms with Crippen molar-refractivity contribution in [1.29, 1.82) is 0 Å². The van der Waals surface area contributed by atoms with E-state index in [1.807, 2.05) is 6.07 Å². The first-order chi connectivity index (χ1) is 13.8. The van der Waals surface area contributed by atoms with Crippen LogP contribution in [0.15, 0.2) is 30.5 Å². The number of fused-ring (bicyclic) bond motifs is 1. The monoisotopic (exact) mass is 402 g/mol. The standard InChI is InChI=1S/C20H31BN4O4/c1-15(14-25-11-9-24(10-12-25)8-7-23(2)3)22-18-13-16-5-4-6-17(20(26)27)19(16)29-21(18)28/h4-6,18,22,28H,1,7-14H2,2-3H3,(H,26,27). The van der Waals surface area contributed by atoms with E-state index >= 15 is 0 Å². The predicted octanol–water partition coefficient (Wildman–Crippen LogP) is -0.00950. The third kappa shape index (κ3) is 5.73. The van der Waals surface area contributed by atoms with Crippen LogP contribution in [0, 0.1) is 0 Å². The van der Waals surface area contributed by atoms with Crippen LogP contribution < -0.4 is 9.97 Å². The van der Waals surface area contributed by atoms with Gasteiger partial charge in [0.25, 0.3) is 0 Å². The summed E-state index contributed by atoms with van der Waals surface area (Å²) in [6, 6.07) is 5.02. The number of para-hydroxylation sites is 1. The molecule has 158 valence electrons. The lowest BCUT2D eigenvalue weighted by atomic mass is 9.72. The Labute approximate surface area is 172 Å². The van der Waals surface area contributed by atoms with E-state index in [2.05, 4.69) is 40.7 Å². The number of benzene rings is 1. The van der Waals surface area contributed by atoms with E-state index in [4.69, 9.17) is 4.65 Å². The first kappa shape index (κ1) is 21.6. The molecule has 0 saturated carbocycles. The Hall–Kier alpha value is -2.07. The number of aromatic carboxylic acids is 1. The molecule has 1 unspecified atom stereocenters. The molecule has 0 aromatic heterocycles. The van der Waals surface area contributed by atoms with Crippen LogP contribution in [0.25, 0.3) is 0 Å². The molecule has 1 aromatic rings. The van der Waals surface area contributed by atoms with Crippen LogP contribution in [-0.2, 0) is 6.42 Å². The number of nitrogens with one attached hydrogen (secondary N) is 1. The van der Waals surface area contributed by atoms with Gasteiger partial charge in [-0.25, -0.2) is 4.79 Å². The highest BCUT2D eigenvalue weighted by Gasteiger charge is 2.37. The molecular weight excluding hydrogens is 371 g/mol. The molecule has 0 aliphatic carbocycles. The Morgan fingerprint density at radius 1 is 1.31 bits per heavy atom. The molecule has 1 saturated heterocycles. The van der Waals surface area contributed by atoms with Gasteiger partial charge in [-0.2, -0.15) is 0 Å². The molecule has 0 spiro atoms. The normalized spacial score (nSPS) is 20.3. The highest BCUT2D eigenvalue weighted by atomic mass is 16.5. The molecule has 0 bridgehead atoms. The zero-order valence-corrected chi connectivity index (χ0v) is 17.3. The van der Waals surface area contributed by atoms with Gasteiger partial charge in [-0.15, -0.1) is 0 Å². The van der Waals surface area contributed by atoms with Gasteiger partial charge < -0.3 is 25.0 Å². The molecule has 1 atom stereocenters. The van der Waals surface area contributed by atoms with Gasteiger partial charge in [0.2, 0.25) is 0 Å². The van der Waals surface area contributed by atoms with E-state index < -0.39 is 13.1 Å². The number of hydrogen-bond donors (Lipinski definition) is 3. The zero-order chi connectivity index (χ0) is 21.0. The Morgan fingerprint density at radius 3 is 2.66 bits per heavy atom. The van der Waals surface area contributed by atoms with Crippen molar-refractivity contribution in [1.82, 2.24) is 20.0 Å². The highest BCUT2D eigenvalue weighted by molar-refractivity contribution is 6.46. The summed E-state index contributed by atoms with van der Waals surface area (Å²) < 4.78 is 5.53. The third-order valence-corrected chi connectivity index (χ3v) is 5.48. The van der Waals surface area contributed by atoms with Crippen molar-refractivity contribution < 1.29 is 19.6 Å². The molecule has 2 heterocycles. The molecule has 3 rings (SSSR count). The van der Waals surface area contributed by atoms with Crippen molar-refractivity contribution in [2.24, 2.45) is 0 Å². The lowest BCUT2D eigenvalue weighted by Gasteiger charge is -2.36. The number of carboxylic acids is 1. The number of rotatable bonds is 8. The van der Waals surface area contributed by atoms with E-state index in [1.54, 1.807) is 6.07 Å².